The van der Waals surface area contributed by atoms with Crippen molar-refractivity contribution in [1.29, 1.82) is 0 Å². The van der Waals surface area contributed by atoms with Gasteiger partial charge in [0.1, 0.15) is 11.6 Å². The van der Waals surface area contributed by atoms with E-state index in [0.717, 1.165) is 6.07 Å². The normalized spacial score (nSPS) is 10.3. The summed E-state index contributed by atoms with van der Waals surface area (Å²) in [6.45, 7) is 0. The van der Waals surface area contributed by atoms with Crippen LogP contribution in [-0.2, 0) is 0 Å². The van der Waals surface area contributed by atoms with Crippen molar-refractivity contribution in [2.24, 2.45) is 0 Å². The minimum Gasteiger partial charge on any atom is -0.360 e. The van der Waals surface area contributed by atoms with E-state index in [1.165, 1.54) is 24.4 Å². The molecule has 1 aromatic heterocycles. The van der Waals surface area contributed by atoms with Gasteiger partial charge in [-0.2, -0.15) is 0 Å². The van der Waals surface area contributed by atoms with Crippen LogP contribution in [0.25, 0.3) is 11.3 Å². The number of rotatable bonds is 2. The lowest BCUT2D eigenvalue weighted by Gasteiger charge is -1.99. The SMILES string of the molecule is O=Cc1c[nH]c(-c2ccc(F)cc2F)c1. The van der Waals surface area contributed by atoms with Gasteiger partial charge in [-0.25, -0.2) is 8.78 Å². The van der Waals surface area contributed by atoms with Crippen molar-refractivity contribution in [2.75, 3.05) is 0 Å². The number of benzene rings is 1. The highest BCUT2D eigenvalue weighted by Gasteiger charge is 2.07. The Labute approximate surface area is 84.6 Å². The standard InChI is InChI=1S/C11H7F2NO/c12-8-1-2-9(10(13)4-8)11-3-7(6-15)5-14-11/h1-6,14H. The molecule has 0 aliphatic heterocycles. The summed E-state index contributed by atoms with van der Waals surface area (Å²) in [5.74, 6) is -1.28. The highest BCUT2D eigenvalue weighted by molar-refractivity contribution is 5.78. The van der Waals surface area contributed by atoms with Gasteiger partial charge < -0.3 is 4.98 Å². The summed E-state index contributed by atoms with van der Waals surface area (Å²) < 4.78 is 25.9. The summed E-state index contributed by atoms with van der Waals surface area (Å²) in [6.07, 6.45) is 2.12. The summed E-state index contributed by atoms with van der Waals surface area (Å²) in [7, 11) is 0. The average Bonchev–Trinajstić information content (AvgIpc) is 2.66. The Morgan fingerprint density at radius 2 is 2.00 bits per heavy atom. The first-order chi connectivity index (χ1) is 7.20. The zero-order chi connectivity index (χ0) is 10.8. The van der Waals surface area contributed by atoms with Crippen molar-refractivity contribution in [3.63, 3.8) is 0 Å². The number of nitrogens with one attached hydrogen (secondary N) is 1. The Balaban J connectivity index is 2.49. The molecule has 0 saturated heterocycles. The number of hydrogen-bond acceptors (Lipinski definition) is 1. The fourth-order valence-corrected chi connectivity index (χ4v) is 1.34. The molecule has 4 heteroatoms. The molecule has 0 amide bonds. The van der Waals surface area contributed by atoms with Crippen LogP contribution < -0.4 is 0 Å². The van der Waals surface area contributed by atoms with E-state index in [-0.39, 0.29) is 5.56 Å². The number of aromatic amines is 1. The zero-order valence-corrected chi connectivity index (χ0v) is 7.63. The number of halogens is 2. The topological polar surface area (TPSA) is 32.9 Å². The lowest BCUT2D eigenvalue weighted by Crippen LogP contribution is -1.85. The van der Waals surface area contributed by atoms with Crippen LogP contribution in [0, 0.1) is 11.6 Å². The van der Waals surface area contributed by atoms with Gasteiger partial charge >= 0.3 is 0 Å². The van der Waals surface area contributed by atoms with Crippen LogP contribution in [0.5, 0.6) is 0 Å². The molecule has 0 atom stereocenters. The fourth-order valence-electron chi connectivity index (χ4n) is 1.34. The zero-order valence-electron chi connectivity index (χ0n) is 7.63. The van der Waals surface area contributed by atoms with E-state index in [1.54, 1.807) is 0 Å². The van der Waals surface area contributed by atoms with Gasteiger partial charge in [0.25, 0.3) is 0 Å². The van der Waals surface area contributed by atoms with Crippen molar-refractivity contribution >= 4 is 6.29 Å². The van der Waals surface area contributed by atoms with E-state index >= 15 is 0 Å². The molecule has 0 bridgehead atoms. The van der Waals surface area contributed by atoms with Gasteiger partial charge in [-0.1, -0.05) is 0 Å². The number of aldehydes is 1. The molecule has 76 valence electrons. The van der Waals surface area contributed by atoms with Crippen LogP contribution >= 0.6 is 0 Å². The molecule has 0 unspecified atom stereocenters. The third kappa shape index (κ3) is 1.79. The number of carbonyl (C=O) groups excluding carboxylic acids is 1. The molecule has 15 heavy (non-hydrogen) atoms. The fraction of sp³-hybridized carbons (Fsp3) is 0. The first-order valence-electron chi connectivity index (χ1n) is 4.30. The second kappa shape index (κ2) is 3.65. The lowest BCUT2D eigenvalue weighted by molar-refractivity contribution is 0.112. The van der Waals surface area contributed by atoms with E-state index in [1.807, 2.05) is 0 Å². The Hall–Kier alpha value is -1.97. The Kier molecular flexibility index (Phi) is 2.33. The molecule has 0 radical (unpaired) electrons. The minimum atomic E-state index is -0.658. The highest BCUT2D eigenvalue weighted by atomic mass is 19.1. The van der Waals surface area contributed by atoms with Crippen molar-refractivity contribution in [3.8, 4) is 11.3 Å². The summed E-state index contributed by atoms with van der Waals surface area (Å²) in [5.41, 5.74) is 1.12. The third-order valence-corrected chi connectivity index (χ3v) is 2.06. The van der Waals surface area contributed by atoms with Gasteiger partial charge in [0.2, 0.25) is 0 Å². The van der Waals surface area contributed by atoms with E-state index in [9.17, 15) is 13.6 Å². The molecule has 0 aliphatic rings. The predicted molar refractivity (Wildman–Crippen MR) is 51.5 cm³/mol. The number of carbonyl (C=O) groups is 1. The summed E-state index contributed by atoms with van der Waals surface area (Å²) in [5, 5.41) is 0. The van der Waals surface area contributed by atoms with E-state index in [0.29, 0.717) is 17.5 Å². The summed E-state index contributed by atoms with van der Waals surface area (Å²) >= 11 is 0. The molecule has 0 saturated carbocycles. The van der Waals surface area contributed by atoms with E-state index < -0.39 is 11.6 Å². The molecule has 0 aliphatic carbocycles. The molecule has 1 aromatic carbocycles. The predicted octanol–water partition coefficient (Wildman–Crippen LogP) is 2.77. The molecular weight excluding hydrogens is 200 g/mol. The summed E-state index contributed by atoms with van der Waals surface area (Å²) in [6, 6.07) is 4.80. The van der Waals surface area contributed by atoms with Gasteiger partial charge in [-0.15, -0.1) is 0 Å². The van der Waals surface area contributed by atoms with Crippen molar-refractivity contribution in [2.45, 2.75) is 0 Å². The van der Waals surface area contributed by atoms with Crippen molar-refractivity contribution in [1.82, 2.24) is 4.98 Å². The molecule has 0 spiro atoms. The van der Waals surface area contributed by atoms with Crippen molar-refractivity contribution in [3.05, 3.63) is 47.7 Å². The minimum absolute atomic E-state index is 0.240. The number of hydrogen-bond donors (Lipinski definition) is 1. The highest BCUT2D eigenvalue weighted by Crippen LogP contribution is 2.22. The molecule has 2 nitrogen and oxygen atoms in total. The number of aromatic nitrogens is 1. The monoisotopic (exact) mass is 207 g/mol. The van der Waals surface area contributed by atoms with Gasteiger partial charge in [0, 0.05) is 29.1 Å². The maximum atomic E-state index is 13.3. The first-order valence-corrected chi connectivity index (χ1v) is 4.30. The molecule has 1 N–H and O–H groups in total. The van der Waals surface area contributed by atoms with Crippen molar-refractivity contribution < 1.29 is 13.6 Å². The van der Waals surface area contributed by atoms with Crippen LogP contribution in [0.4, 0.5) is 8.78 Å². The van der Waals surface area contributed by atoms with Gasteiger partial charge in [0.15, 0.2) is 6.29 Å². The van der Waals surface area contributed by atoms with E-state index in [2.05, 4.69) is 4.98 Å². The van der Waals surface area contributed by atoms with Gasteiger partial charge in [-0.05, 0) is 18.2 Å². The maximum absolute atomic E-state index is 13.3. The first kappa shape index (κ1) is 9.58. The molecule has 2 rings (SSSR count). The molecular formula is C11H7F2NO. The molecule has 0 fully saturated rings. The van der Waals surface area contributed by atoms with Gasteiger partial charge in [-0.3, -0.25) is 4.79 Å². The Morgan fingerprint density at radius 1 is 1.20 bits per heavy atom. The third-order valence-electron chi connectivity index (χ3n) is 2.06. The largest absolute Gasteiger partial charge is 0.360 e. The van der Waals surface area contributed by atoms with Crippen LogP contribution in [0.2, 0.25) is 0 Å². The second-order valence-corrected chi connectivity index (χ2v) is 3.09. The second-order valence-electron chi connectivity index (χ2n) is 3.09. The quantitative estimate of drug-likeness (QED) is 0.754. The smallest absolute Gasteiger partial charge is 0.151 e. The van der Waals surface area contributed by atoms with E-state index in [4.69, 9.17) is 0 Å². The van der Waals surface area contributed by atoms with Crippen LogP contribution in [0.15, 0.2) is 30.5 Å². The van der Waals surface area contributed by atoms with Crippen LogP contribution in [0.3, 0.4) is 0 Å². The lowest BCUT2D eigenvalue weighted by atomic mass is 10.1. The average molecular weight is 207 g/mol. The number of H-pyrrole nitrogens is 1. The molecule has 1 heterocycles. The van der Waals surface area contributed by atoms with Crippen LogP contribution in [-0.4, -0.2) is 11.3 Å². The Bertz CT molecular complexity index is 505. The Morgan fingerprint density at radius 3 is 2.60 bits per heavy atom. The maximum Gasteiger partial charge on any atom is 0.151 e. The summed E-state index contributed by atoms with van der Waals surface area (Å²) in [4.78, 5) is 13.2. The molecule has 2 aromatic rings. The van der Waals surface area contributed by atoms with Gasteiger partial charge in [0.05, 0.1) is 0 Å². The van der Waals surface area contributed by atoms with Crippen LogP contribution in [0.1, 0.15) is 10.4 Å².